The third-order valence-corrected chi connectivity index (χ3v) is 3.70. The molecule has 0 heterocycles. The Morgan fingerprint density at radius 2 is 2.00 bits per heavy atom. The Morgan fingerprint density at radius 1 is 1.32 bits per heavy atom. The molecule has 1 aliphatic rings. The van der Waals surface area contributed by atoms with Crippen LogP contribution in [0.25, 0.3) is 0 Å². The Bertz CT molecular complexity index is 425. The average molecular weight is 268 g/mol. The normalized spacial score (nSPS) is 20.0. The first-order valence-corrected chi connectivity index (χ1v) is 6.83. The summed E-state index contributed by atoms with van der Waals surface area (Å²) in [5, 5.41) is 20.0. The number of hydrogen-bond acceptors (Lipinski definition) is 3. The fourth-order valence-corrected chi connectivity index (χ4v) is 2.54. The van der Waals surface area contributed by atoms with Gasteiger partial charge in [0.25, 0.3) is 0 Å². The maximum atomic E-state index is 13.2. The summed E-state index contributed by atoms with van der Waals surface area (Å²) >= 11 is 0. The van der Waals surface area contributed by atoms with Gasteiger partial charge in [0, 0.05) is 5.56 Å². The quantitative estimate of drug-likeness (QED) is 0.882. The van der Waals surface area contributed by atoms with Gasteiger partial charge < -0.3 is 14.9 Å². The van der Waals surface area contributed by atoms with Crippen LogP contribution < -0.4 is 4.74 Å². The van der Waals surface area contributed by atoms with Crippen molar-refractivity contribution in [1.82, 2.24) is 0 Å². The molecule has 1 aromatic rings. The molecular weight excluding hydrogens is 247 g/mol. The lowest BCUT2D eigenvalue weighted by Crippen LogP contribution is -2.38. The van der Waals surface area contributed by atoms with E-state index in [4.69, 9.17) is 4.74 Å². The molecule has 1 saturated carbocycles. The molecule has 0 radical (unpaired) electrons. The van der Waals surface area contributed by atoms with Gasteiger partial charge in [0.1, 0.15) is 18.2 Å². The van der Waals surface area contributed by atoms with Crippen LogP contribution in [0.1, 0.15) is 50.7 Å². The van der Waals surface area contributed by atoms with Crippen LogP contribution in [0.2, 0.25) is 0 Å². The number of hydrogen-bond donors (Lipinski definition) is 2. The Morgan fingerprint density at radius 3 is 2.63 bits per heavy atom. The minimum atomic E-state index is -0.799. The van der Waals surface area contributed by atoms with E-state index in [9.17, 15) is 14.6 Å². The average Bonchev–Trinajstić information content (AvgIpc) is 2.38. The first-order chi connectivity index (χ1) is 9.00. The molecule has 2 N–H and O–H groups in total. The van der Waals surface area contributed by atoms with Crippen LogP contribution in [0.5, 0.6) is 5.75 Å². The molecule has 0 amide bonds. The molecule has 4 heteroatoms. The van der Waals surface area contributed by atoms with Crippen LogP contribution in [0.15, 0.2) is 18.2 Å². The number of ether oxygens (including phenoxy) is 1. The van der Waals surface area contributed by atoms with E-state index in [1.54, 1.807) is 6.92 Å². The second kappa shape index (κ2) is 5.88. The van der Waals surface area contributed by atoms with Gasteiger partial charge in [-0.05, 0) is 38.0 Å². The van der Waals surface area contributed by atoms with Crippen molar-refractivity contribution in [3.8, 4) is 5.75 Å². The van der Waals surface area contributed by atoms with Gasteiger partial charge in [-0.2, -0.15) is 0 Å². The summed E-state index contributed by atoms with van der Waals surface area (Å²) in [6.45, 7) is 1.76. The van der Waals surface area contributed by atoms with Crippen LogP contribution >= 0.6 is 0 Å². The largest absolute Gasteiger partial charge is 0.490 e. The maximum Gasteiger partial charge on any atom is 0.125 e. The number of aliphatic hydroxyl groups excluding tert-OH is 1. The van der Waals surface area contributed by atoms with Gasteiger partial charge in [0.15, 0.2) is 0 Å². The highest BCUT2D eigenvalue weighted by molar-refractivity contribution is 5.35. The third kappa shape index (κ3) is 3.67. The lowest BCUT2D eigenvalue weighted by Gasteiger charge is -2.32. The SMILES string of the molecule is C[C@H](O)c1cc(F)ccc1OCC1(O)CCCCC1. The van der Waals surface area contributed by atoms with Crippen molar-refractivity contribution in [2.45, 2.75) is 50.7 Å². The molecule has 0 aliphatic heterocycles. The highest BCUT2D eigenvalue weighted by Crippen LogP contribution is 2.31. The molecule has 19 heavy (non-hydrogen) atoms. The van der Waals surface area contributed by atoms with Crippen molar-refractivity contribution in [3.05, 3.63) is 29.6 Å². The zero-order valence-electron chi connectivity index (χ0n) is 11.2. The van der Waals surface area contributed by atoms with Gasteiger partial charge in [-0.3, -0.25) is 0 Å². The highest BCUT2D eigenvalue weighted by atomic mass is 19.1. The predicted octanol–water partition coefficient (Wildman–Crippen LogP) is 2.95. The van der Waals surface area contributed by atoms with Crippen LogP contribution in [-0.2, 0) is 0 Å². The van der Waals surface area contributed by atoms with Crippen LogP contribution in [0, 0.1) is 5.82 Å². The van der Waals surface area contributed by atoms with E-state index in [2.05, 4.69) is 0 Å². The molecule has 0 bridgehead atoms. The molecule has 0 spiro atoms. The number of halogens is 1. The molecule has 2 rings (SSSR count). The third-order valence-electron chi connectivity index (χ3n) is 3.70. The molecule has 1 aromatic carbocycles. The molecule has 0 saturated heterocycles. The van der Waals surface area contributed by atoms with Crippen LogP contribution in [-0.4, -0.2) is 22.4 Å². The van der Waals surface area contributed by atoms with Gasteiger partial charge in [-0.1, -0.05) is 19.3 Å². The number of aliphatic hydroxyl groups is 2. The minimum absolute atomic E-state index is 0.193. The second-order valence-corrected chi connectivity index (χ2v) is 5.43. The van der Waals surface area contributed by atoms with Crippen molar-refractivity contribution >= 4 is 0 Å². The van der Waals surface area contributed by atoms with Crippen molar-refractivity contribution in [3.63, 3.8) is 0 Å². The Hall–Kier alpha value is -1.13. The summed E-state index contributed by atoms with van der Waals surface area (Å²) in [4.78, 5) is 0. The molecule has 0 aromatic heterocycles. The monoisotopic (exact) mass is 268 g/mol. The van der Waals surface area contributed by atoms with Gasteiger partial charge in [-0.25, -0.2) is 4.39 Å². The van der Waals surface area contributed by atoms with Gasteiger partial charge in [0.2, 0.25) is 0 Å². The number of rotatable bonds is 4. The van der Waals surface area contributed by atoms with Crippen molar-refractivity contribution in [2.75, 3.05) is 6.61 Å². The van der Waals surface area contributed by atoms with Crippen molar-refractivity contribution in [2.24, 2.45) is 0 Å². The zero-order valence-corrected chi connectivity index (χ0v) is 11.2. The molecule has 1 fully saturated rings. The highest BCUT2D eigenvalue weighted by Gasteiger charge is 2.30. The lowest BCUT2D eigenvalue weighted by molar-refractivity contribution is -0.0345. The van der Waals surface area contributed by atoms with E-state index in [1.165, 1.54) is 18.2 Å². The summed E-state index contributed by atoms with van der Waals surface area (Å²) in [6.07, 6.45) is 3.83. The van der Waals surface area contributed by atoms with E-state index in [-0.39, 0.29) is 6.61 Å². The van der Waals surface area contributed by atoms with E-state index >= 15 is 0 Å². The molecule has 1 aliphatic carbocycles. The summed E-state index contributed by atoms with van der Waals surface area (Å²) in [6, 6.07) is 4.07. The summed E-state index contributed by atoms with van der Waals surface area (Å²) in [5.74, 6) is 0.0371. The molecule has 3 nitrogen and oxygen atoms in total. The molecule has 106 valence electrons. The van der Waals surface area contributed by atoms with Gasteiger partial charge in [0.05, 0.1) is 11.7 Å². The Labute approximate surface area is 113 Å². The van der Waals surface area contributed by atoms with Gasteiger partial charge in [-0.15, -0.1) is 0 Å². The minimum Gasteiger partial charge on any atom is -0.490 e. The van der Waals surface area contributed by atoms with E-state index in [1.807, 2.05) is 0 Å². The fourth-order valence-electron chi connectivity index (χ4n) is 2.54. The maximum absolute atomic E-state index is 13.2. The second-order valence-electron chi connectivity index (χ2n) is 5.43. The Balaban J connectivity index is 2.06. The number of benzene rings is 1. The molecule has 1 atom stereocenters. The molecular formula is C15H21FO3. The summed E-state index contributed by atoms with van der Waals surface area (Å²) in [7, 11) is 0. The smallest absolute Gasteiger partial charge is 0.125 e. The van der Waals surface area contributed by atoms with Crippen molar-refractivity contribution < 1.29 is 19.3 Å². The zero-order chi connectivity index (χ0) is 13.9. The van der Waals surface area contributed by atoms with E-state index in [0.717, 1.165) is 32.1 Å². The fraction of sp³-hybridized carbons (Fsp3) is 0.600. The topological polar surface area (TPSA) is 49.7 Å². The van der Waals surface area contributed by atoms with E-state index < -0.39 is 17.5 Å². The van der Waals surface area contributed by atoms with Crippen molar-refractivity contribution in [1.29, 1.82) is 0 Å². The molecule has 0 unspecified atom stereocenters. The summed E-state index contributed by atoms with van der Waals surface area (Å²) < 4.78 is 18.8. The van der Waals surface area contributed by atoms with Gasteiger partial charge >= 0.3 is 0 Å². The van der Waals surface area contributed by atoms with Crippen LogP contribution in [0.4, 0.5) is 4.39 Å². The standard InChI is InChI=1S/C15H21FO3/c1-11(17)13-9-12(16)5-6-14(13)19-10-15(18)7-3-2-4-8-15/h5-6,9,11,17-18H,2-4,7-8,10H2,1H3/t11-/m0/s1. The first kappa shape index (κ1) is 14.3. The first-order valence-electron chi connectivity index (χ1n) is 6.83. The lowest BCUT2D eigenvalue weighted by atomic mass is 9.85. The summed E-state index contributed by atoms with van der Waals surface area (Å²) in [5.41, 5.74) is -0.373. The van der Waals surface area contributed by atoms with Crippen LogP contribution in [0.3, 0.4) is 0 Å². The predicted molar refractivity (Wildman–Crippen MR) is 70.6 cm³/mol. The van der Waals surface area contributed by atoms with E-state index in [0.29, 0.717) is 11.3 Å². The Kier molecular flexibility index (Phi) is 4.42.